The molecule has 148 valence electrons. The van der Waals surface area contributed by atoms with Crippen molar-refractivity contribution in [3.8, 4) is 0 Å². The SMILES string of the molecule is CC(N)CCNC(=O)C1CCCN1C(=O)C12CC3CC(CC(C3)C1)C2.Cl. The van der Waals surface area contributed by atoms with E-state index in [0.29, 0.717) is 12.5 Å². The molecule has 0 radical (unpaired) electrons. The van der Waals surface area contributed by atoms with Crippen molar-refractivity contribution in [3.05, 3.63) is 0 Å². The molecule has 2 amide bonds. The molecule has 5 rings (SSSR count). The molecule has 0 spiro atoms. The monoisotopic (exact) mass is 383 g/mol. The highest BCUT2D eigenvalue weighted by Gasteiger charge is 2.56. The van der Waals surface area contributed by atoms with Crippen LogP contribution in [0, 0.1) is 23.2 Å². The lowest BCUT2D eigenvalue weighted by Gasteiger charge is -2.56. The molecule has 5 aliphatic rings. The van der Waals surface area contributed by atoms with Crippen LogP contribution >= 0.6 is 12.4 Å². The first-order valence-electron chi connectivity index (χ1n) is 10.3. The molecule has 4 aliphatic carbocycles. The van der Waals surface area contributed by atoms with Crippen molar-refractivity contribution in [1.82, 2.24) is 10.2 Å². The van der Waals surface area contributed by atoms with Crippen LogP contribution in [0.2, 0.25) is 0 Å². The second kappa shape index (κ2) is 7.67. The Balaban J connectivity index is 0.00000196. The van der Waals surface area contributed by atoms with Crippen LogP contribution in [0.1, 0.15) is 64.7 Å². The van der Waals surface area contributed by atoms with Gasteiger partial charge >= 0.3 is 0 Å². The van der Waals surface area contributed by atoms with Crippen LogP contribution in [-0.2, 0) is 9.59 Å². The minimum atomic E-state index is -0.256. The van der Waals surface area contributed by atoms with Crippen molar-refractivity contribution >= 4 is 24.2 Å². The average molecular weight is 384 g/mol. The summed E-state index contributed by atoms with van der Waals surface area (Å²) >= 11 is 0. The lowest BCUT2D eigenvalue weighted by atomic mass is 9.49. The fraction of sp³-hybridized carbons (Fsp3) is 0.900. The lowest BCUT2D eigenvalue weighted by Crippen LogP contribution is -2.57. The molecule has 6 heteroatoms. The van der Waals surface area contributed by atoms with Crippen molar-refractivity contribution in [2.75, 3.05) is 13.1 Å². The molecule has 0 aromatic carbocycles. The van der Waals surface area contributed by atoms with E-state index in [-0.39, 0.29) is 35.8 Å². The number of rotatable bonds is 5. The second-order valence-electron chi connectivity index (χ2n) is 9.41. The summed E-state index contributed by atoms with van der Waals surface area (Å²) in [6, 6.07) is -0.165. The van der Waals surface area contributed by atoms with E-state index in [9.17, 15) is 9.59 Å². The Morgan fingerprint density at radius 1 is 1.15 bits per heavy atom. The van der Waals surface area contributed by atoms with Gasteiger partial charge in [-0.15, -0.1) is 12.4 Å². The zero-order valence-electron chi connectivity index (χ0n) is 15.9. The molecular weight excluding hydrogens is 350 g/mol. The summed E-state index contributed by atoms with van der Waals surface area (Å²) < 4.78 is 0. The largest absolute Gasteiger partial charge is 0.354 e. The Morgan fingerprint density at radius 3 is 2.27 bits per heavy atom. The Labute approximate surface area is 163 Å². The highest BCUT2D eigenvalue weighted by atomic mass is 35.5. The number of carbonyl (C=O) groups excluding carboxylic acids is 2. The topological polar surface area (TPSA) is 75.4 Å². The van der Waals surface area contributed by atoms with E-state index < -0.39 is 0 Å². The van der Waals surface area contributed by atoms with Gasteiger partial charge in [-0.3, -0.25) is 9.59 Å². The molecule has 0 aromatic rings. The number of likely N-dealkylation sites (tertiary alicyclic amines) is 1. The van der Waals surface area contributed by atoms with Crippen molar-refractivity contribution in [1.29, 1.82) is 0 Å². The van der Waals surface area contributed by atoms with E-state index in [1.165, 1.54) is 19.3 Å². The van der Waals surface area contributed by atoms with Crippen LogP contribution < -0.4 is 11.1 Å². The smallest absolute Gasteiger partial charge is 0.242 e. The summed E-state index contributed by atoms with van der Waals surface area (Å²) in [5.41, 5.74) is 5.63. The highest BCUT2D eigenvalue weighted by Crippen LogP contribution is 2.60. The molecule has 4 saturated carbocycles. The Kier molecular flexibility index (Phi) is 5.88. The number of amides is 2. The molecule has 2 unspecified atom stereocenters. The molecule has 4 bridgehead atoms. The number of nitrogens with one attached hydrogen (secondary N) is 1. The molecule has 1 aliphatic heterocycles. The third kappa shape index (κ3) is 3.62. The molecule has 0 aromatic heterocycles. The van der Waals surface area contributed by atoms with Crippen molar-refractivity contribution in [2.45, 2.75) is 76.8 Å². The zero-order valence-corrected chi connectivity index (χ0v) is 16.7. The first kappa shape index (κ1) is 19.9. The predicted octanol–water partition coefficient (Wildman–Crippen LogP) is 2.47. The normalized spacial score (nSPS) is 38.8. The summed E-state index contributed by atoms with van der Waals surface area (Å²) in [5, 5.41) is 3.00. The van der Waals surface area contributed by atoms with Crippen LogP contribution in [0.15, 0.2) is 0 Å². The van der Waals surface area contributed by atoms with E-state index in [2.05, 4.69) is 5.32 Å². The Bertz CT molecular complexity index is 516. The fourth-order valence-corrected chi connectivity index (χ4v) is 6.50. The van der Waals surface area contributed by atoms with E-state index >= 15 is 0 Å². The van der Waals surface area contributed by atoms with Gasteiger partial charge in [-0.25, -0.2) is 0 Å². The van der Waals surface area contributed by atoms with E-state index in [1.54, 1.807) is 0 Å². The summed E-state index contributed by atoms with van der Waals surface area (Å²) in [4.78, 5) is 28.1. The zero-order chi connectivity index (χ0) is 17.6. The molecule has 2 atom stereocenters. The van der Waals surface area contributed by atoms with Gasteiger partial charge in [0.25, 0.3) is 0 Å². The number of nitrogens with zero attached hydrogens (tertiary/aromatic N) is 1. The molecular formula is C20H34ClN3O2. The van der Waals surface area contributed by atoms with Gasteiger partial charge in [0.15, 0.2) is 0 Å². The quantitative estimate of drug-likeness (QED) is 0.765. The van der Waals surface area contributed by atoms with Crippen molar-refractivity contribution < 1.29 is 9.59 Å². The first-order valence-corrected chi connectivity index (χ1v) is 10.3. The van der Waals surface area contributed by atoms with E-state index in [0.717, 1.165) is 62.8 Å². The van der Waals surface area contributed by atoms with E-state index in [1.807, 2.05) is 11.8 Å². The van der Waals surface area contributed by atoms with Crippen LogP contribution in [0.4, 0.5) is 0 Å². The maximum absolute atomic E-state index is 13.5. The standard InChI is InChI=1S/C20H33N3O2.ClH/c1-13(21)4-5-22-18(24)17-3-2-6-23(17)19(25)20-10-14-7-15(11-20)9-16(8-14)12-20;/h13-17H,2-12,21H2,1H3,(H,22,24);1H. The minimum Gasteiger partial charge on any atom is -0.354 e. The fourth-order valence-electron chi connectivity index (χ4n) is 6.50. The summed E-state index contributed by atoms with van der Waals surface area (Å²) in [6.45, 7) is 3.31. The molecule has 5 fully saturated rings. The summed E-state index contributed by atoms with van der Waals surface area (Å²) in [5.74, 6) is 2.61. The van der Waals surface area contributed by atoms with Crippen LogP contribution in [-0.4, -0.2) is 41.9 Å². The number of carbonyl (C=O) groups is 2. The summed E-state index contributed by atoms with van der Waals surface area (Å²) in [7, 11) is 0. The van der Waals surface area contributed by atoms with Gasteiger partial charge < -0.3 is 16.0 Å². The Morgan fingerprint density at radius 2 is 1.73 bits per heavy atom. The molecule has 1 heterocycles. The van der Waals surface area contributed by atoms with Gasteiger partial charge in [-0.2, -0.15) is 0 Å². The van der Waals surface area contributed by atoms with Gasteiger partial charge in [0, 0.05) is 19.1 Å². The van der Waals surface area contributed by atoms with Gasteiger partial charge in [0.1, 0.15) is 6.04 Å². The third-order valence-corrected chi connectivity index (χ3v) is 7.21. The highest BCUT2D eigenvalue weighted by molar-refractivity contribution is 5.91. The van der Waals surface area contributed by atoms with Gasteiger partial charge in [-0.05, 0) is 82.5 Å². The maximum atomic E-state index is 13.5. The van der Waals surface area contributed by atoms with Crippen molar-refractivity contribution in [3.63, 3.8) is 0 Å². The van der Waals surface area contributed by atoms with Crippen LogP contribution in [0.5, 0.6) is 0 Å². The summed E-state index contributed by atoms with van der Waals surface area (Å²) in [6.07, 6.45) is 9.79. The first-order chi connectivity index (χ1) is 12.0. The van der Waals surface area contributed by atoms with Gasteiger partial charge in [0.2, 0.25) is 11.8 Å². The van der Waals surface area contributed by atoms with Crippen LogP contribution in [0.3, 0.4) is 0 Å². The van der Waals surface area contributed by atoms with Gasteiger partial charge in [0.05, 0.1) is 5.41 Å². The second-order valence-corrected chi connectivity index (χ2v) is 9.41. The molecule has 3 N–H and O–H groups in total. The van der Waals surface area contributed by atoms with Crippen LogP contribution in [0.25, 0.3) is 0 Å². The molecule has 5 nitrogen and oxygen atoms in total. The average Bonchev–Trinajstić information content (AvgIpc) is 3.01. The van der Waals surface area contributed by atoms with E-state index in [4.69, 9.17) is 5.73 Å². The maximum Gasteiger partial charge on any atom is 0.242 e. The Hall–Kier alpha value is -0.810. The lowest BCUT2D eigenvalue weighted by molar-refractivity contribution is -0.160. The molecule has 26 heavy (non-hydrogen) atoms. The number of nitrogens with two attached hydrogens (primary N) is 1. The minimum absolute atomic E-state index is 0. The third-order valence-electron chi connectivity index (χ3n) is 7.21. The predicted molar refractivity (Wildman–Crippen MR) is 104 cm³/mol. The number of halogens is 1. The van der Waals surface area contributed by atoms with Crippen molar-refractivity contribution in [2.24, 2.45) is 28.9 Å². The van der Waals surface area contributed by atoms with Gasteiger partial charge in [-0.1, -0.05) is 0 Å². The number of hydrogen-bond donors (Lipinski definition) is 2. The number of hydrogen-bond acceptors (Lipinski definition) is 3. The molecule has 1 saturated heterocycles.